The van der Waals surface area contributed by atoms with Gasteiger partial charge >= 0.3 is 0 Å². The summed E-state index contributed by atoms with van der Waals surface area (Å²) in [5, 5.41) is 15.0. The fourth-order valence-corrected chi connectivity index (χ4v) is 4.38. The van der Waals surface area contributed by atoms with Gasteiger partial charge in [0.1, 0.15) is 0 Å². The molecule has 5 heteroatoms. The Balaban J connectivity index is 1.47. The van der Waals surface area contributed by atoms with Crippen LogP contribution < -0.4 is 0 Å². The second kappa shape index (κ2) is 6.28. The summed E-state index contributed by atoms with van der Waals surface area (Å²) in [5.74, 6) is 1.96. The molecule has 2 aliphatic rings. The molecule has 0 saturated heterocycles. The molecule has 0 amide bonds. The molecule has 0 atom stereocenters. The van der Waals surface area contributed by atoms with E-state index in [1.54, 1.807) is 6.20 Å². The van der Waals surface area contributed by atoms with E-state index < -0.39 is 5.60 Å². The van der Waals surface area contributed by atoms with Crippen molar-refractivity contribution in [3.63, 3.8) is 0 Å². The molecule has 5 nitrogen and oxygen atoms in total. The third-order valence-electron chi connectivity index (χ3n) is 5.88. The molecule has 2 aliphatic carbocycles. The first-order chi connectivity index (χ1) is 11.7. The van der Waals surface area contributed by atoms with E-state index in [0.717, 1.165) is 43.2 Å². The van der Waals surface area contributed by atoms with Gasteiger partial charge < -0.3 is 9.63 Å². The highest BCUT2D eigenvalue weighted by molar-refractivity contribution is 5.58. The highest BCUT2D eigenvalue weighted by Crippen LogP contribution is 2.51. The highest BCUT2D eigenvalue weighted by atomic mass is 16.5. The summed E-state index contributed by atoms with van der Waals surface area (Å²) >= 11 is 0. The van der Waals surface area contributed by atoms with Gasteiger partial charge in [-0.05, 0) is 49.7 Å². The van der Waals surface area contributed by atoms with Gasteiger partial charge in [0.2, 0.25) is 11.7 Å². The smallest absolute Gasteiger partial charge is 0.230 e. The molecule has 2 fully saturated rings. The number of hydrogen-bond acceptors (Lipinski definition) is 5. The Bertz CT molecular complexity index is 700. The molecular weight excluding hydrogens is 302 g/mol. The molecule has 0 aliphatic heterocycles. The van der Waals surface area contributed by atoms with Crippen molar-refractivity contribution >= 4 is 0 Å². The molecule has 2 aromatic rings. The number of aromatic nitrogens is 3. The maximum atomic E-state index is 10.9. The van der Waals surface area contributed by atoms with Crippen LogP contribution in [0.1, 0.15) is 69.2 Å². The van der Waals surface area contributed by atoms with Crippen molar-refractivity contribution in [3.8, 4) is 11.4 Å². The van der Waals surface area contributed by atoms with E-state index in [-0.39, 0.29) is 5.92 Å². The Labute approximate surface area is 142 Å². The number of pyridine rings is 1. The average molecular weight is 327 g/mol. The highest BCUT2D eigenvalue weighted by Gasteiger charge is 2.50. The lowest BCUT2D eigenvalue weighted by molar-refractivity contribution is -0.111. The lowest BCUT2D eigenvalue weighted by Gasteiger charge is -2.48. The summed E-state index contributed by atoms with van der Waals surface area (Å²) in [6.45, 7) is 2.09. The van der Waals surface area contributed by atoms with E-state index in [9.17, 15) is 5.11 Å². The molecule has 2 heterocycles. The van der Waals surface area contributed by atoms with Gasteiger partial charge in [-0.25, -0.2) is 0 Å². The Kier molecular flexibility index (Phi) is 4.12. The van der Waals surface area contributed by atoms with Gasteiger partial charge in [-0.2, -0.15) is 4.98 Å². The van der Waals surface area contributed by atoms with Crippen LogP contribution in [-0.4, -0.2) is 25.8 Å². The fourth-order valence-electron chi connectivity index (χ4n) is 4.38. The van der Waals surface area contributed by atoms with Gasteiger partial charge in [0.25, 0.3) is 0 Å². The van der Waals surface area contributed by atoms with Crippen LogP contribution in [0.4, 0.5) is 0 Å². The van der Waals surface area contributed by atoms with Crippen LogP contribution in [0.25, 0.3) is 11.4 Å². The number of hydrogen-bond donors (Lipinski definition) is 1. The zero-order chi connectivity index (χ0) is 16.6. The first kappa shape index (κ1) is 15.8. The topological polar surface area (TPSA) is 72.0 Å². The van der Waals surface area contributed by atoms with Crippen LogP contribution in [-0.2, 0) is 6.42 Å². The predicted octanol–water partition coefficient (Wildman–Crippen LogP) is 3.88. The van der Waals surface area contributed by atoms with Crippen LogP contribution in [0.3, 0.4) is 0 Å². The third kappa shape index (κ3) is 2.75. The lowest BCUT2D eigenvalue weighted by Crippen LogP contribution is -2.49. The zero-order valence-electron chi connectivity index (χ0n) is 14.2. The lowest BCUT2D eigenvalue weighted by atomic mass is 9.61. The number of aliphatic hydroxyl groups is 1. The van der Waals surface area contributed by atoms with Gasteiger partial charge in [0, 0.05) is 23.9 Å². The maximum absolute atomic E-state index is 10.9. The normalized spacial score (nSPS) is 27.8. The monoisotopic (exact) mass is 327 g/mol. The Hall–Kier alpha value is -1.75. The molecule has 2 saturated carbocycles. The first-order valence-electron chi connectivity index (χ1n) is 9.19. The van der Waals surface area contributed by atoms with Gasteiger partial charge in [-0.15, -0.1) is 0 Å². The van der Waals surface area contributed by atoms with Crippen LogP contribution in [0, 0.1) is 5.92 Å². The second-order valence-corrected chi connectivity index (χ2v) is 7.39. The number of nitrogens with zero attached hydrogens (tertiary/aromatic N) is 3. The minimum atomic E-state index is -0.509. The Morgan fingerprint density at radius 2 is 2.04 bits per heavy atom. The minimum absolute atomic E-state index is 0.199. The van der Waals surface area contributed by atoms with Crippen molar-refractivity contribution in [1.29, 1.82) is 0 Å². The summed E-state index contributed by atoms with van der Waals surface area (Å²) in [7, 11) is 0. The molecule has 1 N–H and O–H groups in total. The van der Waals surface area contributed by atoms with Crippen molar-refractivity contribution in [2.24, 2.45) is 5.92 Å². The standard InChI is InChI=1S/C19H25N3O2/c1-2-13-12-20-9-8-16(13)17-21-18(24-22-17)14-10-19(23,11-14)15-6-4-3-5-7-15/h8-9,12,14-15,23H,2-7,10-11H2,1H3. The van der Waals surface area contributed by atoms with Gasteiger partial charge in [-0.3, -0.25) is 4.98 Å². The van der Waals surface area contributed by atoms with Gasteiger partial charge in [-0.1, -0.05) is 31.3 Å². The maximum Gasteiger partial charge on any atom is 0.230 e. The first-order valence-corrected chi connectivity index (χ1v) is 9.19. The van der Waals surface area contributed by atoms with E-state index in [4.69, 9.17) is 4.52 Å². The summed E-state index contributed by atoms with van der Waals surface area (Å²) < 4.78 is 5.51. The summed E-state index contributed by atoms with van der Waals surface area (Å²) in [4.78, 5) is 8.77. The van der Waals surface area contributed by atoms with Crippen LogP contribution in [0.5, 0.6) is 0 Å². The van der Waals surface area contributed by atoms with Crippen molar-refractivity contribution in [2.75, 3.05) is 0 Å². The molecule has 4 rings (SSSR count). The van der Waals surface area contributed by atoms with Crippen molar-refractivity contribution in [2.45, 2.75) is 69.8 Å². The molecule has 0 radical (unpaired) electrons. The van der Waals surface area contributed by atoms with E-state index in [1.165, 1.54) is 19.3 Å². The Morgan fingerprint density at radius 3 is 2.79 bits per heavy atom. The van der Waals surface area contributed by atoms with Crippen molar-refractivity contribution < 1.29 is 9.63 Å². The van der Waals surface area contributed by atoms with Gasteiger partial charge in [0.05, 0.1) is 5.60 Å². The van der Waals surface area contributed by atoms with Crippen molar-refractivity contribution in [3.05, 3.63) is 29.9 Å². The van der Waals surface area contributed by atoms with E-state index in [2.05, 4.69) is 22.0 Å². The molecule has 0 spiro atoms. The SMILES string of the molecule is CCc1cnccc1-c1noc(C2CC(O)(C3CCCCC3)C2)n1. The fraction of sp³-hybridized carbons (Fsp3) is 0.632. The largest absolute Gasteiger partial charge is 0.390 e. The van der Waals surface area contributed by atoms with E-state index >= 15 is 0 Å². The molecule has 128 valence electrons. The average Bonchev–Trinajstić information content (AvgIpc) is 3.09. The molecule has 24 heavy (non-hydrogen) atoms. The Morgan fingerprint density at radius 1 is 1.25 bits per heavy atom. The van der Waals surface area contributed by atoms with Crippen LogP contribution in [0.15, 0.2) is 23.0 Å². The summed E-state index contributed by atoms with van der Waals surface area (Å²) in [5.41, 5.74) is 1.60. The number of aryl methyl sites for hydroxylation is 1. The minimum Gasteiger partial charge on any atom is -0.390 e. The number of rotatable bonds is 4. The van der Waals surface area contributed by atoms with Crippen LogP contribution in [0.2, 0.25) is 0 Å². The summed E-state index contributed by atoms with van der Waals surface area (Å²) in [6, 6.07) is 1.94. The predicted molar refractivity (Wildman–Crippen MR) is 90.4 cm³/mol. The second-order valence-electron chi connectivity index (χ2n) is 7.39. The molecule has 0 unspecified atom stereocenters. The summed E-state index contributed by atoms with van der Waals surface area (Å²) in [6.07, 6.45) is 12.2. The third-order valence-corrected chi connectivity index (χ3v) is 5.88. The molecule has 0 bridgehead atoms. The van der Waals surface area contributed by atoms with Crippen molar-refractivity contribution in [1.82, 2.24) is 15.1 Å². The quantitative estimate of drug-likeness (QED) is 0.922. The molecule has 0 aromatic carbocycles. The van der Waals surface area contributed by atoms with Crippen LogP contribution >= 0.6 is 0 Å². The van der Waals surface area contributed by atoms with E-state index in [1.807, 2.05) is 12.3 Å². The molecule has 2 aromatic heterocycles. The zero-order valence-corrected chi connectivity index (χ0v) is 14.2. The van der Waals surface area contributed by atoms with E-state index in [0.29, 0.717) is 17.6 Å². The molecular formula is C19H25N3O2. The van der Waals surface area contributed by atoms with Gasteiger partial charge in [0.15, 0.2) is 0 Å².